The molecule has 1 aromatic heterocycles. The van der Waals surface area contributed by atoms with E-state index in [1.807, 2.05) is 18.2 Å². The van der Waals surface area contributed by atoms with Gasteiger partial charge in [-0.2, -0.15) is 0 Å². The number of hydrogen-bond donors (Lipinski definition) is 1. The van der Waals surface area contributed by atoms with Gasteiger partial charge in [0.25, 0.3) is 5.91 Å². The second kappa shape index (κ2) is 5.81. The molecule has 0 atom stereocenters. The van der Waals surface area contributed by atoms with Crippen molar-refractivity contribution in [1.29, 1.82) is 0 Å². The number of benzene rings is 1. The third kappa shape index (κ3) is 2.79. The Labute approximate surface area is 119 Å². The van der Waals surface area contributed by atoms with E-state index in [1.54, 1.807) is 31.5 Å². The van der Waals surface area contributed by atoms with Crippen molar-refractivity contribution in [3.63, 3.8) is 0 Å². The van der Waals surface area contributed by atoms with E-state index in [0.717, 1.165) is 3.57 Å². The van der Waals surface area contributed by atoms with Crippen molar-refractivity contribution in [1.82, 2.24) is 4.98 Å². The molecule has 5 heteroatoms. The highest BCUT2D eigenvalue weighted by Gasteiger charge is 2.12. The molecule has 1 aromatic carbocycles. The molecule has 1 N–H and O–H groups in total. The maximum atomic E-state index is 12.1. The Morgan fingerprint density at radius 2 is 2.06 bits per heavy atom. The second-order valence-corrected chi connectivity index (χ2v) is 4.65. The van der Waals surface area contributed by atoms with Crippen molar-refractivity contribution in [2.24, 2.45) is 0 Å². The fourth-order valence-electron chi connectivity index (χ4n) is 1.47. The summed E-state index contributed by atoms with van der Waals surface area (Å²) in [6.45, 7) is 0. The third-order valence-electron chi connectivity index (χ3n) is 2.34. The summed E-state index contributed by atoms with van der Waals surface area (Å²) in [6.07, 6.45) is 1.61. The number of halogens is 1. The van der Waals surface area contributed by atoms with Crippen LogP contribution in [-0.2, 0) is 0 Å². The molecule has 0 radical (unpaired) electrons. The van der Waals surface area contributed by atoms with Crippen molar-refractivity contribution in [2.75, 3.05) is 12.4 Å². The van der Waals surface area contributed by atoms with Crippen LogP contribution in [0.15, 0.2) is 42.6 Å². The Kier molecular flexibility index (Phi) is 4.14. The molecular weight excluding hydrogens is 343 g/mol. The number of pyridine rings is 1. The number of hydrogen-bond acceptors (Lipinski definition) is 3. The van der Waals surface area contributed by atoms with Crippen LogP contribution in [0.2, 0.25) is 0 Å². The van der Waals surface area contributed by atoms with Gasteiger partial charge in [0.05, 0.1) is 12.7 Å². The number of carbonyl (C=O) groups is 1. The number of methoxy groups -OCH3 is 1. The minimum Gasteiger partial charge on any atom is -0.493 e. The number of amides is 1. The van der Waals surface area contributed by atoms with E-state index in [1.165, 1.54) is 0 Å². The van der Waals surface area contributed by atoms with Gasteiger partial charge in [-0.25, -0.2) is 4.98 Å². The van der Waals surface area contributed by atoms with Gasteiger partial charge < -0.3 is 10.1 Å². The van der Waals surface area contributed by atoms with E-state index in [-0.39, 0.29) is 5.91 Å². The summed E-state index contributed by atoms with van der Waals surface area (Å²) in [5, 5.41) is 2.74. The summed E-state index contributed by atoms with van der Waals surface area (Å²) in [5.41, 5.74) is 0.616. The first kappa shape index (κ1) is 12.8. The molecule has 0 unspecified atom stereocenters. The summed E-state index contributed by atoms with van der Waals surface area (Å²) < 4.78 is 6.02. The maximum absolute atomic E-state index is 12.1. The van der Waals surface area contributed by atoms with Crippen LogP contribution in [-0.4, -0.2) is 18.0 Å². The Morgan fingerprint density at radius 1 is 1.28 bits per heavy atom. The van der Waals surface area contributed by atoms with Crippen molar-refractivity contribution >= 4 is 34.3 Å². The molecule has 0 fully saturated rings. The van der Waals surface area contributed by atoms with Gasteiger partial charge in [0, 0.05) is 9.77 Å². The molecule has 0 saturated heterocycles. The maximum Gasteiger partial charge on any atom is 0.257 e. The molecule has 1 amide bonds. The first-order valence-corrected chi connectivity index (χ1v) is 6.35. The first-order valence-electron chi connectivity index (χ1n) is 5.27. The number of rotatable bonds is 3. The zero-order valence-electron chi connectivity index (χ0n) is 9.68. The van der Waals surface area contributed by atoms with Crippen molar-refractivity contribution in [3.05, 3.63) is 51.7 Å². The molecule has 92 valence electrons. The summed E-state index contributed by atoms with van der Waals surface area (Å²) in [4.78, 5) is 16.2. The Morgan fingerprint density at radius 3 is 2.78 bits per heavy atom. The minimum absolute atomic E-state index is 0.197. The summed E-state index contributed by atoms with van der Waals surface area (Å²) in [6, 6.07) is 10.9. The van der Waals surface area contributed by atoms with E-state index in [9.17, 15) is 4.79 Å². The quantitative estimate of drug-likeness (QED) is 0.863. The van der Waals surface area contributed by atoms with Crippen LogP contribution in [0, 0.1) is 3.57 Å². The fraction of sp³-hybridized carbons (Fsp3) is 0.0769. The molecule has 0 saturated carbocycles. The van der Waals surface area contributed by atoms with Gasteiger partial charge in [-0.15, -0.1) is 0 Å². The lowest BCUT2D eigenvalue weighted by molar-refractivity contribution is 0.102. The largest absolute Gasteiger partial charge is 0.493 e. The lowest BCUT2D eigenvalue weighted by Crippen LogP contribution is -2.14. The zero-order valence-corrected chi connectivity index (χ0v) is 11.8. The predicted molar refractivity (Wildman–Crippen MR) is 77.9 cm³/mol. The number of aromatic nitrogens is 1. The van der Waals surface area contributed by atoms with Crippen LogP contribution in [0.5, 0.6) is 5.75 Å². The fourth-order valence-corrected chi connectivity index (χ4v) is 2.10. The smallest absolute Gasteiger partial charge is 0.257 e. The van der Waals surface area contributed by atoms with Crippen LogP contribution >= 0.6 is 22.6 Å². The van der Waals surface area contributed by atoms with Gasteiger partial charge >= 0.3 is 0 Å². The van der Waals surface area contributed by atoms with Crippen molar-refractivity contribution in [3.8, 4) is 5.75 Å². The van der Waals surface area contributed by atoms with Gasteiger partial charge in [0.2, 0.25) is 0 Å². The van der Waals surface area contributed by atoms with Gasteiger partial charge in [0.1, 0.15) is 0 Å². The molecule has 2 rings (SSSR count). The highest BCUT2D eigenvalue weighted by molar-refractivity contribution is 14.1. The third-order valence-corrected chi connectivity index (χ3v) is 3.28. The molecule has 0 spiro atoms. The normalized spacial score (nSPS) is 9.89. The van der Waals surface area contributed by atoms with Crippen LogP contribution < -0.4 is 10.1 Å². The lowest BCUT2D eigenvalue weighted by atomic mass is 10.2. The van der Waals surface area contributed by atoms with Gasteiger partial charge in [-0.05, 0) is 46.9 Å². The first-order chi connectivity index (χ1) is 8.72. The van der Waals surface area contributed by atoms with E-state index < -0.39 is 0 Å². The summed E-state index contributed by atoms with van der Waals surface area (Å²) in [5.74, 6) is 0.762. The average molecular weight is 354 g/mol. The molecule has 2 aromatic rings. The average Bonchev–Trinajstić information content (AvgIpc) is 2.39. The minimum atomic E-state index is -0.197. The highest BCUT2D eigenvalue weighted by atomic mass is 127. The Balaban J connectivity index is 2.24. The van der Waals surface area contributed by atoms with Gasteiger partial charge in [0.15, 0.2) is 11.6 Å². The summed E-state index contributed by atoms with van der Waals surface area (Å²) in [7, 11) is 1.54. The van der Waals surface area contributed by atoms with Crippen LogP contribution in [0.3, 0.4) is 0 Å². The van der Waals surface area contributed by atoms with Crippen LogP contribution in [0.4, 0.5) is 5.82 Å². The van der Waals surface area contributed by atoms with E-state index >= 15 is 0 Å². The molecular formula is C13H11IN2O2. The SMILES string of the molecule is COc1cccnc1NC(=O)c1ccccc1I. The van der Waals surface area contributed by atoms with Crippen LogP contribution in [0.1, 0.15) is 10.4 Å². The lowest BCUT2D eigenvalue weighted by Gasteiger charge is -2.09. The molecule has 0 aliphatic carbocycles. The van der Waals surface area contributed by atoms with Crippen molar-refractivity contribution < 1.29 is 9.53 Å². The topological polar surface area (TPSA) is 51.2 Å². The standard InChI is InChI=1S/C13H11IN2O2/c1-18-11-7-4-8-15-12(11)16-13(17)9-5-2-3-6-10(9)14/h2-8H,1H3,(H,15,16,17). The molecule has 4 nitrogen and oxygen atoms in total. The molecule has 1 heterocycles. The molecule has 0 aliphatic rings. The van der Waals surface area contributed by atoms with E-state index in [4.69, 9.17) is 4.74 Å². The molecule has 18 heavy (non-hydrogen) atoms. The number of carbonyl (C=O) groups excluding carboxylic acids is 1. The van der Waals surface area contributed by atoms with Gasteiger partial charge in [-0.3, -0.25) is 4.79 Å². The van der Waals surface area contributed by atoms with E-state index in [2.05, 4.69) is 32.9 Å². The monoisotopic (exact) mass is 354 g/mol. The number of nitrogens with zero attached hydrogens (tertiary/aromatic N) is 1. The Hall–Kier alpha value is -1.63. The summed E-state index contributed by atoms with van der Waals surface area (Å²) >= 11 is 2.12. The number of nitrogens with one attached hydrogen (secondary N) is 1. The predicted octanol–water partition coefficient (Wildman–Crippen LogP) is 2.95. The van der Waals surface area contributed by atoms with Crippen LogP contribution in [0.25, 0.3) is 0 Å². The molecule has 0 aliphatic heterocycles. The molecule has 0 bridgehead atoms. The Bertz CT molecular complexity index is 572. The zero-order chi connectivity index (χ0) is 13.0. The van der Waals surface area contributed by atoms with Gasteiger partial charge in [-0.1, -0.05) is 12.1 Å². The van der Waals surface area contributed by atoms with Crippen molar-refractivity contribution in [2.45, 2.75) is 0 Å². The van der Waals surface area contributed by atoms with E-state index in [0.29, 0.717) is 17.1 Å². The number of ether oxygens (including phenoxy) is 1. The number of anilines is 1. The highest BCUT2D eigenvalue weighted by Crippen LogP contribution is 2.21. The second-order valence-electron chi connectivity index (χ2n) is 3.49.